The van der Waals surface area contributed by atoms with E-state index < -0.39 is 0 Å². The van der Waals surface area contributed by atoms with Gasteiger partial charge in [0.05, 0.1) is 6.61 Å². The van der Waals surface area contributed by atoms with Crippen LogP contribution in [0.4, 0.5) is 0 Å². The molecule has 0 aromatic heterocycles. The minimum atomic E-state index is -0.113. The zero-order chi connectivity index (χ0) is 11.7. The lowest BCUT2D eigenvalue weighted by molar-refractivity contribution is 0.264. The van der Waals surface area contributed by atoms with Crippen molar-refractivity contribution in [3.8, 4) is 0 Å². The van der Waals surface area contributed by atoms with Gasteiger partial charge >= 0.3 is 0 Å². The number of aliphatic hydroxyl groups is 1. The van der Waals surface area contributed by atoms with Crippen LogP contribution in [0.3, 0.4) is 0 Å². The van der Waals surface area contributed by atoms with Crippen molar-refractivity contribution >= 4 is 12.4 Å². The molecule has 0 aromatic carbocycles. The van der Waals surface area contributed by atoms with Crippen LogP contribution in [-0.4, -0.2) is 17.8 Å². The Bertz CT molecular complexity index is 204. The van der Waals surface area contributed by atoms with E-state index in [1.165, 1.54) is 5.57 Å². The van der Waals surface area contributed by atoms with Gasteiger partial charge < -0.3 is 10.8 Å². The molecule has 0 amide bonds. The fourth-order valence-electron chi connectivity index (χ4n) is 1.63. The van der Waals surface area contributed by atoms with Crippen LogP contribution < -0.4 is 5.73 Å². The fraction of sp³-hybridized carbons (Fsp3) is 0.692. The third-order valence-corrected chi connectivity index (χ3v) is 2.68. The summed E-state index contributed by atoms with van der Waals surface area (Å²) in [5.74, 6) is 0.573. The van der Waals surface area contributed by atoms with Gasteiger partial charge in [-0.05, 0) is 31.6 Å². The maximum atomic E-state index is 8.91. The van der Waals surface area contributed by atoms with Crippen LogP contribution in [0.25, 0.3) is 0 Å². The molecule has 0 aromatic rings. The number of allylic oxidation sites excluding steroid dienone is 2. The predicted octanol–water partition coefficient (Wildman–Crippen LogP) is 3.06. The second-order valence-corrected chi connectivity index (χ2v) is 4.02. The van der Waals surface area contributed by atoms with Gasteiger partial charge in [0.15, 0.2) is 0 Å². The SMILES string of the molecule is C=CCC(/C=C(\CC)CC(N)CO)CC.Cl. The molecule has 0 rings (SSSR count). The Kier molecular flexibility index (Phi) is 12.6. The van der Waals surface area contributed by atoms with E-state index in [-0.39, 0.29) is 25.1 Å². The molecular formula is C13H26ClNO. The summed E-state index contributed by atoms with van der Waals surface area (Å²) in [6.45, 7) is 8.15. The molecule has 0 bridgehead atoms. The third kappa shape index (κ3) is 7.91. The van der Waals surface area contributed by atoms with Crippen LogP contribution >= 0.6 is 12.4 Å². The zero-order valence-electron chi connectivity index (χ0n) is 10.5. The summed E-state index contributed by atoms with van der Waals surface area (Å²) in [6.07, 6.45) is 8.24. The van der Waals surface area contributed by atoms with Crippen molar-refractivity contribution in [2.45, 2.75) is 45.6 Å². The topological polar surface area (TPSA) is 46.2 Å². The number of hydrogen-bond donors (Lipinski definition) is 2. The molecule has 3 N–H and O–H groups in total. The van der Waals surface area contributed by atoms with E-state index in [0.29, 0.717) is 5.92 Å². The molecule has 0 fully saturated rings. The highest BCUT2D eigenvalue weighted by molar-refractivity contribution is 5.85. The number of hydrogen-bond acceptors (Lipinski definition) is 2. The number of aliphatic hydroxyl groups excluding tert-OH is 1. The zero-order valence-corrected chi connectivity index (χ0v) is 11.3. The minimum Gasteiger partial charge on any atom is -0.395 e. The maximum absolute atomic E-state index is 8.91. The second kappa shape index (κ2) is 11.2. The molecule has 0 heterocycles. The molecule has 0 aliphatic carbocycles. The lowest BCUT2D eigenvalue weighted by atomic mass is 9.95. The second-order valence-electron chi connectivity index (χ2n) is 4.02. The van der Waals surface area contributed by atoms with Gasteiger partial charge in [0, 0.05) is 6.04 Å². The van der Waals surface area contributed by atoms with E-state index in [0.717, 1.165) is 25.7 Å². The lowest BCUT2D eigenvalue weighted by Crippen LogP contribution is -2.24. The van der Waals surface area contributed by atoms with Gasteiger partial charge in [0.2, 0.25) is 0 Å². The van der Waals surface area contributed by atoms with Gasteiger partial charge in [-0.15, -0.1) is 19.0 Å². The highest BCUT2D eigenvalue weighted by Gasteiger charge is 2.06. The van der Waals surface area contributed by atoms with Crippen LogP contribution in [0.1, 0.15) is 39.5 Å². The van der Waals surface area contributed by atoms with Gasteiger partial charge in [0.25, 0.3) is 0 Å². The third-order valence-electron chi connectivity index (χ3n) is 2.68. The summed E-state index contributed by atoms with van der Waals surface area (Å²) < 4.78 is 0. The van der Waals surface area contributed by atoms with E-state index in [1.807, 2.05) is 6.08 Å². The van der Waals surface area contributed by atoms with E-state index in [9.17, 15) is 0 Å². The average Bonchev–Trinajstić information content (AvgIpc) is 2.26. The quantitative estimate of drug-likeness (QED) is 0.648. The molecule has 96 valence electrons. The van der Waals surface area contributed by atoms with Crippen LogP contribution in [0, 0.1) is 5.92 Å². The molecule has 2 unspecified atom stereocenters. The molecule has 0 saturated heterocycles. The largest absolute Gasteiger partial charge is 0.395 e. The molecule has 0 spiro atoms. The minimum absolute atomic E-state index is 0. The lowest BCUT2D eigenvalue weighted by Gasteiger charge is -2.14. The summed E-state index contributed by atoms with van der Waals surface area (Å²) in [5.41, 5.74) is 7.08. The first-order valence-electron chi connectivity index (χ1n) is 5.84. The Morgan fingerprint density at radius 2 is 2.06 bits per heavy atom. The van der Waals surface area contributed by atoms with Gasteiger partial charge in [-0.2, -0.15) is 0 Å². The van der Waals surface area contributed by atoms with E-state index >= 15 is 0 Å². The average molecular weight is 248 g/mol. The molecule has 0 aliphatic rings. The number of rotatable bonds is 8. The molecular weight excluding hydrogens is 222 g/mol. The van der Waals surface area contributed by atoms with Crippen molar-refractivity contribution in [3.63, 3.8) is 0 Å². The van der Waals surface area contributed by atoms with Crippen LogP contribution in [-0.2, 0) is 0 Å². The molecule has 0 aliphatic heterocycles. The summed E-state index contributed by atoms with van der Waals surface area (Å²) in [7, 11) is 0. The van der Waals surface area contributed by atoms with Gasteiger partial charge in [-0.1, -0.05) is 31.6 Å². The molecule has 3 heteroatoms. The summed E-state index contributed by atoms with van der Waals surface area (Å²) in [4.78, 5) is 0. The summed E-state index contributed by atoms with van der Waals surface area (Å²) >= 11 is 0. The monoisotopic (exact) mass is 247 g/mol. The smallest absolute Gasteiger partial charge is 0.0585 e. The first-order chi connectivity index (χ1) is 7.17. The Labute approximate surface area is 106 Å². The highest BCUT2D eigenvalue weighted by Crippen LogP contribution is 2.17. The van der Waals surface area contributed by atoms with Gasteiger partial charge in [0.1, 0.15) is 0 Å². The predicted molar refractivity (Wildman–Crippen MR) is 73.9 cm³/mol. The van der Waals surface area contributed by atoms with Crippen LogP contribution in [0.5, 0.6) is 0 Å². The van der Waals surface area contributed by atoms with E-state index in [1.54, 1.807) is 0 Å². The highest BCUT2D eigenvalue weighted by atomic mass is 35.5. The summed E-state index contributed by atoms with van der Waals surface area (Å²) in [5, 5.41) is 8.91. The van der Waals surface area contributed by atoms with Crippen molar-refractivity contribution in [3.05, 3.63) is 24.3 Å². The Balaban J connectivity index is 0. The Hall–Kier alpha value is -0.310. The normalized spacial score (nSPS) is 15.1. The maximum Gasteiger partial charge on any atom is 0.0585 e. The molecule has 2 nitrogen and oxygen atoms in total. The first kappa shape index (κ1) is 18.1. The van der Waals surface area contributed by atoms with Crippen molar-refractivity contribution in [1.29, 1.82) is 0 Å². The first-order valence-corrected chi connectivity index (χ1v) is 5.84. The Morgan fingerprint density at radius 1 is 1.44 bits per heavy atom. The number of halogens is 1. The van der Waals surface area contributed by atoms with Crippen molar-refractivity contribution in [1.82, 2.24) is 0 Å². The molecule has 16 heavy (non-hydrogen) atoms. The van der Waals surface area contributed by atoms with Gasteiger partial charge in [-0.25, -0.2) is 0 Å². The Morgan fingerprint density at radius 3 is 2.44 bits per heavy atom. The fourth-order valence-corrected chi connectivity index (χ4v) is 1.63. The van der Waals surface area contributed by atoms with Crippen molar-refractivity contribution < 1.29 is 5.11 Å². The standard InChI is InChI=1S/C13H25NO.ClH/c1-4-7-11(5-2)8-12(6-3)9-13(14)10-15;/h4,8,11,13,15H,1,5-7,9-10,14H2,2-3H3;1H/b12-8+;. The van der Waals surface area contributed by atoms with Crippen molar-refractivity contribution in [2.24, 2.45) is 11.7 Å². The molecule has 0 saturated carbocycles. The van der Waals surface area contributed by atoms with Gasteiger partial charge in [-0.3, -0.25) is 0 Å². The molecule has 0 radical (unpaired) electrons. The number of nitrogens with two attached hydrogens (primary N) is 1. The van der Waals surface area contributed by atoms with E-state index in [4.69, 9.17) is 10.8 Å². The van der Waals surface area contributed by atoms with Crippen LogP contribution in [0.2, 0.25) is 0 Å². The van der Waals surface area contributed by atoms with E-state index in [2.05, 4.69) is 26.5 Å². The summed E-state index contributed by atoms with van der Waals surface area (Å²) in [6, 6.07) is -0.113. The molecule has 2 atom stereocenters. The van der Waals surface area contributed by atoms with Crippen molar-refractivity contribution in [2.75, 3.05) is 6.61 Å². The van der Waals surface area contributed by atoms with Crippen LogP contribution in [0.15, 0.2) is 24.3 Å².